The molecule has 1 aromatic rings. The van der Waals surface area contributed by atoms with Crippen molar-refractivity contribution in [2.24, 2.45) is 5.92 Å². The van der Waals surface area contributed by atoms with Crippen molar-refractivity contribution in [1.29, 1.82) is 0 Å². The van der Waals surface area contributed by atoms with Gasteiger partial charge in [0.15, 0.2) is 0 Å². The lowest BCUT2D eigenvalue weighted by atomic mass is 9.82. The Morgan fingerprint density at radius 2 is 2.22 bits per heavy atom. The largest absolute Gasteiger partial charge is 0.393 e. The highest BCUT2D eigenvalue weighted by Crippen LogP contribution is 2.28. The van der Waals surface area contributed by atoms with Crippen LogP contribution in [0.25, 0.3) is 0 Å². The fourth-order valence-corrected chi connectivity index (χ4v) is 3.03. The van der Waals surface area contributed by atoms with Crippen molar-refractivity contribution >= 4 is 17.4 Å². The van der Waals surface area contributed by atoms with Crippen molar-refractivity contribution in [3.8, 4) is 0 Å². The Hall–Kier alpha value is -1.01. The van der Waals surface area contributed by atoms with Gasteiger partial charge in [0.25, 0.3) is 5.91 Å². The molecule has 0 spiro atoms. The van der Waals surface area contributed by atoms with E-state index in [-0.39, 0.29) is 17.9 Å². The molecule has 0 aromatic carbocycles. The van der Waals surface area contributed by atoms with E-state index in [0.29, 0.717) is 17.3 Å². The lowest BCUT2D eigenvalue weighted by molar-refractivity contribution is 0.0266. The molecule has 1 fully saturated rings. The molecule has 1 amide bonds. The summed E-state index contributed by atoms with van der Waals surface area (Å²) in [4.78, 5) is 14.6. The number of rotatable bonds is 4. The van der Waals surface area contributed by atoms with Crippen LogP contribution in [0.15, 0.2) is 0 Å². The average Bonchev–Trinajstić information content (AvgIpc) is 2.74. The number of amides is 1. The van der Waals surface area contributed by atoms with Crippen molar-refractivity contribution in [3.05, 3.63) is 10.6 Å². The molecular formula is C12H19N3O2S. The van der Waals surface area contributed by atoms with E-state index >= 15 is 0 Å². The van der Waals surface area contributed by atoms with Gasteiger partial charge in [-0.3, -0.25) is 4.79 Å². The van der Waals surface area contributed by atoms with E-state index in [0.717, 1.165) is 18.5 Å². The second kappa shape index (κ2) is 5.32. The minimum atomic E-state index is -0.171. The number of nitrogens with zero attached hydrogens (tertiary/aromatic N) is 3. The van der Waals surface area contributed by atoms with Gasteiger partial charge in [-0.15, -0.1) is 5.10 Å². The van der Waals surface area contributed by atoms with Gasteiger partial charge >= 0.3 is 0 Å². The van der Waals surface area contributed by atoms with E-state index in [1.54, 1.807) is 11.9 Å². The van der Waals surface area contributed by atoms with Crippen molar-refractivity contribution in [2.45, 2.75) is 38.7 Å². The third-order valence-electron chi connectivity index (χ3n) is 3.34. The minimum Gasteiger partial charge on any atom is -0.393 e. The molecule has 0 atom stereocenters. The first-order valence-electron chi connectivity index (χ1n) is 6.24. The second-order valence-electron chi connectivity index (χ2n) is 5.32. The van der Waals surface area contributed by atoms with Gasteiger partial charge in [0.2, 0.25) is 0 Å². The lowest BCUT2D eigenvalue weighted by Crippen LogP contribution is -2.39. The lowest BCUT2D eigenvalue weighted by Gasteiger charge is -2.34. The summed E-state index contributed by atoms with van der Waals surface area (Å²) in [5.41, 5.74) is 0.783. The highest BCUT2D eigenvalue weighted by molar-refractivity contribution is 7.08. The Kier molecular flexibility index (Phi) is 3.97. The standard InChI is InChI=1S/C12H19N3O2S/c1-7(2)10-11(18-14-13-10)12(17)15(3)6-8-4-9(16)5-8/h7-9,16H,4-6H2,1-3H3. The zero-order valence-electron chi connectivity index (χ0n) is 11.0. The van der Waals surface area contributed by atoms with Crippen molar-refractivity contribution in [3.63, 3.8) is 0 Å². The number of hydrogen-bond acceptors (Lipinski definition) is 5. The molecule has 1 heterocycles. The zero-order valence-corrected chi connectivity index (χ0v) is 11.8. The Morgan fingerprint density at radius 1 is 1.56 bits per heavy atom. The van der Waals surface area contributed by atoms with Crippen LogP contribution in [-0.2, 0) is 0 Å². The molecule has 5 nitrogen and oxygen atoms in total. The maximum absolute atomic E-state index is 12.3. The topological polar surface area (TPSA) is 66.3 Å². The van der Waals surface area contributed by atoms with E-state index in [4.69, 9.17) is 0 Å². The molecule has 6 heteroatoms. The van der Waals surface area contributed by atoms with Crippen LogP contribution in [0.5, 0.6) is 0 Å². The highest BCUT2D eigenvalue weighted by atomic mass is 32.1. The molecule has 0 radical (unpaired) electrons. The summed E-state index contributed by atoms with van der Waals surface area (Å²) in [5.74, 6) is 0.633. The number of carbonyl (C=O) groups excluding carboxylic acids is 1. The minimum absolute atomic E-state index is 0.00455. The summed E-state index contributed by atoms with van der Waals surface area (Å²) in [6.07, 6.45) is 1.43. The van der Waals surface area contributed by atoms with Gasteiger partial charge in [-0.05, 0) is 36.2 Å². The quantitative estimate of drug-likeness (QED) is 0.899. The van der Waals surface area contributed by atoms with Gasteiger partial charge in [0, 0.05) is 13.6 Å². The van der Waals surface area contributed by atoms with Crippen LogP contribution in [0.1, 0.15) is 48.0 Å². The molecule has 1 aromatic heterocycles. The molecule has 18 heavy (non-hydrogen) atoms. The van der Waals surface area contributed by atoms with Crippen LogP contribution < -0.4 is 0 Å². The summed E-state index contributed by atoms with van der Waals surface area (Å²) >= 11 is 1.17. The Bertz CT molecular complexity index is 427. The molecule has 0 saturated heterocycles. The Morgan fingerprint density at radius 3 is 2.78 bits per heavy atom. The summed E-state index contributed by atoms with van der Waals surface area (Å²) in [6.45, 7) is 4.72. The van der Waals surface area contributed by atoms with Gasteiger partial charge in [-0.2, -0.15) is 0 Å². The second-order valence-corrected chi connectivity index (χ2v) is 6.07. The highest BCUT2D eigenvalue weighted by Gasteiger charge is 2.30. The number of hydrogen-bond donors (Lipinski definition) is 1. The fraction of sp³-hybridized carbons (Fsp3) is 0.750. The van der Waals surface area contributed by atoms with E-state index in [9.17, 15) is 9.90 Å². The van der Waals surface area contributed by atoms with Gasteiger partial charge in [-0.25, -0.2) is 0 Å². The maximum Gasteiger partial charge on any atom is 0.267 e. The van der Waals surface area contributed by atoms with Crippen molar-refractivity contribution in [2.75, 3.05) is 13.6 Å². The van der Waals surface area contributed by atoms with Crippen LogP contribution in [-0.4, -0.2) is 45.2 Å². The van der Waals surface area contributed by atoms with Gasteiger partial charge in [0.05, 0.1) is 11.8 Å². The molecule has 0 unspecified atom stereocenters. The molecule has 100 valence electrons. The number of aromatic nitrogens is 2. The SMILES string of the molecule is CC(C)c1nnsc1C(=O)N(C)CC1CC(O)C1. The maximum atomic E-state index is 12.3. The third kappa shape index (κ3) is 2.70. The van der Waals surface area contributed by atoms with Gasteiger partial charge in [-0.1, -0.05) is 18.3 Å². The predicted molar refractivity (Wildman–Crippen MR) is 69.7 cm³/mol. The fourth-order valence-electron chi connectivity index (χ4n) is 2.22. The summed E-state index contributed by atoms with van der Waals surface area (Å²) in [7, 11) is 1.80. The summed E-state index contributed by atoms with van der Waals surface area (Å²) in [6, 6.07) is 0. The van der Waals surface area contributed by atoms with Gasteiger partial charge < -0.3 is 10.0 Å². The number of aliphatic hydroxyl groups is 1. The van der Waals surface area contributed by atoms with E-state index in [1.807, 2.05) is 13.8 Å². The summed E-state index contributed by atoms with van der Waals surface area (Å²) < 4.78 is 3.88. The molecule has 1 N–H and O–H groups in total. The predicted octanol–water partition coefficient (Wildman–Crippen LogP) is 1.50. The van der Waals surface area contributed by atoms with Crippen molar-refractivity contribution < 1.29 is 9.90 Å². The van der Waals surface area contributed by atoms with Crippen LogP contribution in [0.4, 0.5) is 0 Å². The van der Waals surface area contributed by atoms with Gasteiger partial charge in [0.1, 0.15) is 4.88 Å². The molecule has 1 saturated carbocycles. The van der Waals surface area contributed by atoms with Crippen LogP contribution in [0.3, 0.4) is 0 Å². The number of carbonyl (C=O) groups is 1. The Balaban J connectivity index is 1.99. The third-order valence-corrected chi connectivity index (χ3v) is 4.07. The molecular weight excluding hydrogens is 250 g/mol. The molecule has 1 aliphatic rings. The molecule has 2 rings (SSSR count). The molecule has 0 bridgehead atoms. The van der Waals surface area contributed by atoms with E-state index < -0.39 is 0 Å². The first-order chi connectivity index (χ1) is 8.49. The smallest absolute Gasteiger partial charge is 0.267 e. The van der Waals surface area contributed by atoms with Crippen molar-refractivity contribution in [1.82, 2.24) is 14.5 Å². The number of aliphatic hydroxyl groups excluding tert-OH is 1. The van der Waals surface area contributed by atoms with Crippen LogP contribution in [0, 0.1) is 5.92 Å². The normalized spacial score (nSPS) is 22.9. The molecule has 0 aliphatic heterocycles. The van der Waals surface area contributed by atoms with Crippen LogP contribution in [0.2, 0.25) is 0 Å². The molecule has 1 aliphatic carbocycles. The zero-order chi connectivity index (χ0) is 13.3. The van der Waals surface area contributed by atoms with E-state index in [2.05, 4.69) is 9.59 Å². The first-order valence-corrected chi connectivity index (χ1v) is 7.02. The first kappa shape index (κ1) is 13.4. The monoisotopic (exact) mass is 269 g/mol. The Labute approximate surface area is 111 Å². The summed E-state index contributed by atoms with van der Waals surface area (Å²) in [5, 5.41) is 13.3. The van der Waals surface area contributed by atoms with Crippen LogP contribution >= 0.6 is 11.5 Å². The van der Waals surface area contributed by atoms with E-state index in [1.165, 1.54) is 11.5 Å². The average molecular weight is 269 g/mol.